The minimum atomic E-state index is -1.11. The standard InChI is InChI=1S/C19H14FNO5S2/c1-25-15-8-11(6-7-14(15)26-10-17(22)23)9-16-18(24)21(19(27)28-16)13-5-3-2-4-12(13)20/h2-9H,10H2,1H3,(H,22,23)/b16-9-. The number of amides is 1. The minimum Gasteiger partial charge on any atom is -0.493 e. The lowest BCUT2D eigenvalue weighted by Gasteiger charge is -2.14. The Morgan fingerprint density at radius 2 is 2.04 bits per heavy atom. The second kappa shape index (κ2) is 8.41. The number of thiocarbonyl (C=S) groups is 1. The zero-order valence-corrected chi connectivity index (χ0v) is 16.2. The van der Waals surface area contributed by atoms with Crippen molar-refractivity contribution in [2.45, 2.75) is 0 Å². The summed E-state index contributed by atoms with van der Waals surface area (Å²) in [6.45, 7) is -0.503. The van der Waals surface area contributed by atoms with Crippen molar-refractivity contribution < 1.29 is 28.6 Å². The number of carboxylic acid groups (broad SMARTS) is 1. The third-order valence-electron chi connectivity index (χ3n) is 3.72. The molecule has 1 N–H and O–H groups in total. The minimum absolute atomic E-state index is 0.100. The van der Waals surface area contributed by atoms with E-state index in [0.29, 0.717) is 16.2 Å². The van der Waals surface area contributed by atoms with Crippen molar-refractivity contribution in [3.63, 3.8) is 0 Å². The zero-order chi connectivity index (χ0) is 20.3. The van der Waals surface area contributed by atoms with E-state index in [0.717, 1.165) is 16.7 Å². The van der Waals surface area contributed by atoms with Gasteiger partial charge in [-0.2, -0.15) is 0 Å². The molecular formula is C19H14FNO5S2. The molecule has 0 spiro atoms. The first-order valence-electron chi connectivity index (χ1n) is 7.96. The van der Waals surface area contributed by atoms with Crippen molar-refractivity contribution in [1.82, 2.24) is 0 Å². The van der Waals surface area contributed by atoms with Gasteiger partial charge in [0.25, 0.3) is 5.91 Å². The fraction of sp³-hybridized carbons (Fsp3) is 0.105. The molecule has 0 saturated carbocycles. The maximum atomic E-state index is 14.1. The number of hydrogen-bond acceptors (Lipinski definition) is 6. The number of hydrogen-bond donors (Lipinski definition) is 1. The van der Waals surface area contributed by atoms with Gasteiger partial charge in [0, 0.05) is 0 Å². The molecule has 1 amide bonds. The first-order chi connectivity index (χ1) is 13.4. The van der Waals surface area contributed by atoms with Crippen LogP contribution in [0.4, 0.5) is 10.1 Å². The van der Waals surface area contributed by atoms with Crippen molar-refractivity contribution in [1.29, 1.82) is 0 Å². The van der Waals surface area contributed by atoms with Gasteiger partial charge >= 0.3 is 5.97 Å². The lowest BCUT2D eigenvalue weighted by atomic mass is 10.2. The van der Waals surface area contributed by atoms with Crippen LogP contribution in [0.3, 0.4) is 0 Å². The molecule has 0 atom stereocenters. The van der Waals surface area contributed by atoms with Crippen LogP contribution in [0.1, 0.15) is 5.56 Å². The Balaban J connectivity index is 1.88. The normalized spacial score (nSPS) is 15.2. The predicted molar refractivity (Wildman–Crippen MR) is 108 cm³/mol. The summed E-state index contributed by atoms with van der Waals surface area (Å²) < 4.78 is 24.7. The van der Waals surface area contributed by atoms with Gasteiger partial charge in [-0.25, -0.2) is 9.18 Å². The van der Waals surface area contributed by atoms with Crippen LogP contribution in [0, 0.1) is 5.82 Å². The van der Waals surface area contributed by atoms with Gasteiger partial charge < -0.3 is 14.6 Å². The van der Waals surface area contributed by atoms with Crippen LogP contribution in [0.15, 0.2) is 47.4 Å². The van der Waals surface area contributed by atoms with Crippen molar-refractivity contribution in [2.75, 3.05) is 18.6 Å². The van der Waals surface area contributed by atoms with Gasteiger partial charge in [0.05, 0.1) is 17.7 Å². The van der Waals surface area contributed by atoms with Crippen LogP contribution in [-0.2, 0) is 9.59 Å². The Morgan fingerprint density at radius 1 is 1.29 bits per heavy atom. The molecule has 28 heavy (non-hydrogen) atoms. The smallest absolute Gasteiger partial charge is 0.341 e. The maximum Gasteiger partial charge on any atom is 0.341 e. The van der Waals surface area contributed by atoms with Gasteiger partial charge in [0.2, 0.25) is 0 Å². The van der Waals surface area contributed by atoms with Gasteiger partial charge in [0.1, 0.15) is 5.82 Å². The van der Waals surface area contributed by atoms with E-state index in [1.807, 2.05) is 0 Å². The predicted octanol–water partition coefficient (Wildman–Crippen LogP) is 3.70. The van der Waals surface area contributed by atoms with Gasteiger partial charge in [0.15, 0.2) is 22.4 Å². The maximum absolute atomic E-state index is 14.1. The molecule has 2 aromatic carbocycles. The Kier molecular flexibility index (Phi) is 5.96. The van der Waals surface area contributed by atoms with E-state index in [9.17, 15) is 14.0 Å². The third-order valence-corrected chi connectivity index (χ3v) is 5.03. The number of thioether (sulfide) groups is 1. The summed E-state index contributed by atoms with van der Waals surface area (Å²) in [5.41, 5.74) is 0.719. The summed E-state index contributed by atoms with van der Waals surface area (Å²) in [5.74, 6) is -1.49. The van der Waals surface area contributed by atoms with E-state index in [1.165, 1.54) is 25.3 Å². The molecule has 2 aromatic rings. The van der Waals surface area contributed by atoms with Crippen LogP contribution in [0.25, 0.3) is 6.08 Å². The number of rotatable bonds is 6. The average Bonchev–Trinajstić information content (AvgIpc) is 2.94. The number of benzene rings is 2. The van der Waals surface area contributed by atoms with Crippen LogP contribution >= 0.6 is 24.0 Å². The Morgan fingerprint density at radius 3 is 2.71 bits per heavy atom. The number of aliphatic carboxylic acids is 1. The van der Waals surface area contributed by atoms with Crippen LogP contribution in [0.2, 0.25) is 0 Å². The second-order valence-corrected chi connectivity index (χ2v) is 7.24. The van der Waals surface area contributed by atoms with E-state index in [-0.39, 0.29) is 15.8 Å². The van der Waals surface area contributed by atoms with Crippen molar-refractivity contribution in [3.05, 3.63) is 58.8 Å². The zero-order valence-electron chi connectivity index (χ0n) is 14.5. The van der Waals surface area contributed by atoms with E-state index < -0.39 is 24.3 Å². The number of ether oxygens (including phenoxy) is 2. The van der Waals surface area contributed by atoms with E-state index in [4.69, 9.17) is 26.8 Å². The number of para-hydroxylation sites is 1. The number of anilines is 1. The molecule has 6 nitrogen and oxygen atoms in total. The summed E-state index contributed by atoms with van der Waals surface area (Å²) in [6.07, 6.45) is 1.60. The number of carbonyl (C=O) groups excluding carboxylic acids is 1. The molecule has 0 aromatic heterocycles. The highest BCUT2D eigenvalue weighted by molar-refractivity contribution is 8.27. The molecule has 1 fully saturated rings. The van der Waals surface area contributed by atoms with Gasteiger partial charge in [-0.15, -0.1) is 0 Å². The molecule has 0 unspecified atom stereocenters. The Bertz CT molecular complexity index is 992. The highest BCUT2D eigenvalue weighted by Gasteiger charge is 2.34. The molecule has 0 radical (unpaired) electrons. The molecule has 0 bridgehead atoms. The van der Waals surface area contributed by atoms with E-state index in [1.54, 1.807) is 30.3 Å². The fourth-order valence-electron chi connectivity index (χ4n) is 2.49. The molecular weight excluding hydrogens is 405 g/mol. The molecule has 1 saturated heterocycles. The first kappa shape index (κ1) is 19.8. The lowest BCUT2D eigenvalue weighted by Crippen LogP contribution is -2.28. The summed E-state index contributed by atoms with van der Waals surface area (Å²) in [7, 11) is 1.42. The highest BCUT2D eigenvalue weighted by atomic mass is 32.2. The average molecular weight is 419 g/mol. The number of nitrogens with zero attached hydrogens (tertiary/aromatic N) is 1. The Hall–Kier alpha value is -2.91. The number of methoxy groups -OCH3 is 1. The molecule has 3 rings (SSSR count). The topological polar surface area (TPSA) is 76.1 Å². The first-order valence-corrected chi connectivity index (χ1v) is 9.18. The number of carbonyl (C=O) groups is 2. The summed E-state index contributed by atoms with van der Waals surface area (Å²) in [5, 5.41) is 8.72. The van der Waals surface area contributed by atoms with Gasteiger partial charge in [-0.05, 0) is 35.9 Å². The molecule has 144 valence electrons. The van der Waals surface area contributed by atoms with Crippen LogP contribution in [0.5, 0.6) is 11.5 Å². The van der Waals surface area contributed by atoms with Gasteiger partial charge in [-0.1, -0.05) is 42.2 Å². The molecule has 1 aliphatic heterocycles. The monoisotopic (exact) mass is 419 g/mol. The number of halogens is 1. The largest absolute Gasteiger partial charge is 0.493 e. The summed E-state index contributed by atoms with van der Waals surface area (Å²) >= 11 is 6.31. The van der Waals surface area contributed by atoms with Crippen molar-refractivity contribution in [2.24, 2.45) is 0 Å². The number of carboxylic acids is 1. The Labute approximate surface area is 169 Å². The van der Waals surface area contributed by atoms with E-state index in [2.05, 4.69) is 0 Å². The molecule has 9 heteroatoms. The van der Waals surface area contributed by atoms with E-state index >= 15 is 0 Å². The van der Waals surface area contributed by atoms with Crippen LogP contribution < -0.4 is 14.4 Å². The summed E-state index contributed by atoms with van der Waals surface area (Å²) in [4.78, 5) is 24.9. The van der Waals surface area contributed by atoms with Crippen molar-refractivity contribution in [3.8, 4) is 11.5 Å². The quantitative estimate of drug-likeness (QED) is 0.565. The highest BCUT2D eigenvalue weighted by Crippen LogP contribution is 2.38. The second-order valence-electron chi connectivity index (χ2n) is 5.56. The molecule has 1 heterocycles. The van der Waals surface area contributed by atoms with Crippen molar-refractivity contribution >= 4 is 51.9 Å². The SMILES string of the molecule is COc1cc(/C=C2\SC(=S)N(c3ccccc3F)C2=O)ccc1OCC(=O)O. The van der Waals surface area contributed by atoms with Gasteiger partial charge in [-0.3, -0.25) is 9.69 Å². The molecule has 0 aliphatic carbocycles. The third kappa shape index (κ3) is 4.15. The van der Waals surface area contributed by atoms with Crippen LogP contribution in [-0.4, -0.2) is 35.0 Å². The lowest BCUT2D eigenvalue weighted by molar-refractivity contribution is -0.139. The summed E-state index contributed by atoms with van der Waals surface area (Å²) in [6, 6.07) is 10.7. The fourth-order valence-corrected chi connectivity index (χ4v) is 3.78. The molecule has 1 aliphatic rings.